The molecule has 4 nitrogen and oxygen atoms in total. The highest BCUT2D eigenvalue weighted by Crippen LogP contribution is 2.23. The molecule has 1 saturated heterocycles. The third-order valence-electron chi connectivity index (χ3n) is 3.32. The predicted octanol–water partition coefficient (Wildman–Crippen LogP) is 1.73. The smallest absolute Gasteiger partial charge is 0.185 e. The van der Waals surface area contributed by atoms with Crippen molar-refractivity contribution in [1.29, 1.82) is 0 Å². The van der Waals surface area contributed by atoms with Crippen molar-refractivity contribution in [3.05, 3.63) is 11.1 Å². The van der Waals surface area contributed by atoms with Gasteiger partial charge in [-0.3, -0.25) is 4.79 Å². The molecule has 1 aromatic heterocycles. The molecule has 2 heterocycles. The van der Waals surface area contributed by atoms with Crippen molar-refractivity contribution in [3.8, 4) is 0 Å². The number of hydrogen-bond acceptors (Lipinski definition) is 5. The van der Waals surface area contributed by atoms with Crippen molar-refractivity contribution in [3.63, 3.8) is 0 Å². The van der Waals surface area contributed by atoms with Crippen LogP contribution in [0.4, 0.5) is 5.13 Å². The van der Waals surface area contributed by atoms with Crippen molar-refractivity contribution in [2.45, 2.75) is 12.8 Å². The van der Waals surface area contributed by atoms with E-state index in [1.807, 2.05) is 0 Å². The quantitative estimate of drug-likeness (QED) is 0.766. The van der Waals surface area contributed by atoms with Crippen LogP contribution < -0.4 is 4.90 Å². The number of thiazole rings is 1. The molecule has 0 spiro atoms. The highest BCUT2D eigenvalue weighted by atomic mass is 32.1. The lowest BCUT2D eigenvalue weighted by Crippen LogP contribution is -2.35. The molecule has 0 aromatic carbocycles. The van der Waals surface area contributed by atoms with E-state index in [1.165, 1.54) is 37.3 Å². The van der Waals surface area contributed by atoms with Gasteiger partial charge in [-0.2, -0.15) is 0 Å². The Balaban J connectivity index is 1.88. The van der Waals surface area contributed by atoms with Gasteiger partial charge in [0.05, 0.1) is 11.1 Å². The van der Waals surface area contributed by atoms with Crippen molar-refractivity contribution in [1.82, 2.24) is 9.88 Å². The lowest BCUT2D eigenvalue weighted by atomic mass is 9.97. The molecule has 0 saturated carbocycles. The van der Waals surface area contributed by atoms with Crippen molar-refractivity contribution in [2.24, 2.45) is 5.92 Å². The van der Waals surface area contributed by atoms with Gasteiger partial charge >= 0.3 is 0 Å². The van der Waals surface area contributed by atoms with Crippen LogP contribution in [-0.4, -0.2) is 49.9 Å². The first kappa shape index (κ1) is 12.5. The maximum Gasteiger partial charge on any atom is 0.185 e. The maximum absolute atomic E-state index is 10.6. The molecular weight excluding hydrogens is 234 g/mol. The van der Waals surface area contributed by atoms with E-state index < -0.39 is 0 Å². The van der Waals surface area contributed by atoms with E-state index >= 15 is 0 Å². The lowest BCUT2D eigenvalue weighted by Gasteiger charge is -2.31. The van der Waals surface area contributed by atoms with Gasteiger partial charge in [0.2, 0.25) is 0 Å². The van der Waals surface area contributed by atoms with Gasteiger partial charge in [-0.05, 0) is 38.9 Å². The first-order valence-corrected chi connectivity index (χ1v) is 6.81. The van der Waals surface area contributed by atoms with Gasteiger partial charge in [0.1, 0.15) is 0 Å². The zero-order valence-electron chi connectivity index (χ0n) is 10.4. The average Bonchev–Trinajstić information content (AvgIpc) is 2.81. The standard InChI is InChI=1S/C12H19N3OS/c1-14-5-3-10(4-6-14)8-15(2)12-13-7-11(9-16)17-12/h7,9-10H,3-6,8H2,1-2H3. The van der Waals surface area contributed by atoms with Crippen molar-refractivity contribution in [2.75, 3.05) is 38.6 Å². The van der Waals surface area contributed by atoms with Gasteiger partial charge < -0.3 is 9.80 Å². The molecule has 17 heavy (non-hydrogen) atoms. The van der Waals surface area contributed by atoms with Gasteiger partial charge in [0, 0.05) is 13.6 Å². The third-order valence-corrected chi connectivity index (χ3v) is 4.36. The summed E-state index contributed by atoms with van der Waals surface area (Å²) in [5.41, 5.74) is 0. The number of anilines is 1. The Morgan fingerprint density at radius 2 is 2.29 bits per heavy atom. The average molecular weight is 253 g/mol. The molecule has 1 aliphatic rings. The summed E-state index contributed by atoms with van der Waals surface area (Å²) < 4.78 is 0. The minimum atomic E-state index is 0.704. The second-order valence-electron chi connectivity index (χ2n) is 4.79. The predicted molar refractivity (Wildman–Crippen MR) is 71.0 cm³/mol. The molecule has 0 aliphatic carbocycles. The van der Waals surface area contributed by atoms with E-state index in [4.69, 9.17) is 0 Å². The minimum absolute atomic E-state index is 0.704. The van der Waals surface area contributed by atoms with Gasteiger partial charge in [-0.25, -0.2) is 4.98 Å². The van der Waals surface area contributed by atoms with E-state index in [9.17, 15) is 4.79 Å². The molecule has 5 heteroatoms. The number of aromatic nitrogens is 1. The van der Waals surface area contributed by atoms with Crippen LogP contribution in [0.1, 0.15) is 22.5 Å². The molecule has 0 bridgehead atoms. The van der Waals surface area contributed by atoms with Crippen LogP contribution in [0.25, 0.3) is 0 Å². The fourth-order valence-corrected chi connectivity index (χ4v) is 2.92. The fourth-order valence-electron chi connectivity index (χ4n) is 2.22. The Morgan fingerprint density at radius 1 is 1.59 bits per heavy atom. The minimum Gasteiger partial charge on any atom is -0.351 e. The molecule has 0 unspecified atom stereocenters. The van der Waals surface area contributed by atoms with Crippen molar-refractivity contribution < 1.29 is 4.79 Å². The van der Waals surface area contributed by atoms with E-state index in [2.05, 4.69) is 28.9 Å². The summed E-state index contributed by atoms with van der Waals surface area (Å²) >= 11 is 1.47. The molecule has 0 N–H and O–H groups in total. The fraction of sp³-hybridized carbons (Fsp3) is 0.667. The first-order valence-electron chi connectivity index (χ1n) is 5.99. The molecule has 0 amide bonds. The van der Waals surface area contributed by atoms with Crippen LogP contribution >= 0.6 is 11.3 Å². The number of likely N-dealkylation sites (tertiary alicyclic amines) is 1. The monoisotopic (exact) mass is 253 g/mol. The zero-order chi connectivity index (χ0) is 12.3. The Morgan fingerprint density at radius 3 is 2.88 bits per heavy atom. The Kier molecular flexibility index (Phi) is 4.12. The third kappa shape index (κ3) is 3.26. The summed E-state index contributed by atoms with van der Waals surface area (Å²) in [5, 5.41) is 0.950. The van der Waals surface area contributed by atoms with Crippen LogP contribution in [0, 0.1) is 5.92 Å². The van der Waals surface area contributed by atoms with E-state index in [-0.39, 0.29) is 0 Å². The SMILES string of the molecule is CN1CCC(CN(C)c2ncc(C=O)s2)CC1. The molecule has 0 radical (unpaired) electrons. The van der Waals surface area contributed by atoms with Crippen LogP contribution in [0.3, 0.4) is 0 Å². The summed E-state index contributed by atoms with van der Waals surface area (Å²) in [6, 6.07) is 0. The Labute approximate surface area is 106 Å². The Hall–Kier alpha value is -0.940. The van der Waals surface area contributed by atoms with E-state index in [1.54, 1.807) is 6.20 Å². The number of carbonyl (C=O) groups excluding carboxylic acids is 1. The van der Waals surface area contributed by atoms with Crippen molar-refractivity contribution >= 4 is 22.8 Å². The first-order chi connectivity index (χ1) is 8.19. The second kappa shape index (κ2) is 5.60. The van der Waals surface area contributed by atoms with Gasteiger partial charge in [-0.15, -0.1) is 0 Å². The van der Waals surface area contributed by atoms with Gasteiger partial charge in [-0.1, -0.05) is 11.3 Å². The summed E-state index contributed by atoms with van der Waals surface area (Å²) in [5.74, 6) is 0.750. The highest BCUT2D eigenvalue weighted by molar-refractivity contribution is 7.17. The molecule has 1 aromatic rings. The lowest BCUT2D eigenvalue weighted by molar-refractivity contribution is 0.112. The summed E-state index contributed by atoms with van der Waals surface area (Å²) in [6.07, 6.45) is 5.03. The van der Waals surface area contributed by atoms with E-state index in [0.29, 0.717) is 4.88 Å². The number of piperidine rings is 1. The highest BCUT2D eigenvalue weighted by Gasteiger charge is 2.19. The second-order valence-corrected chi connectivity index (χ2v) is 5.83. The largest absolute Gasteiger partial charge is 0.351 e. The topological polar surface area (TPSA) is 36.4 Å². The molecule has 0 atom stereocenters. The molecular formula is C12H19N3OS. The van der Waals surface area contributed by atoms with Crippen LogP contribution in [-0.2, 0) is 0 Å². The Bertz CT molecular complexity index is 372. The van der Waals surface area contributed by atoms with E-state index in [0.717, 1.165) is 23.9 Å². The molecule has 1 aliphatic heterocycles. The molecule has 94 valence electrons. The van der Waals surface area contributed by atoms with Gasteiger partial charge in [0.15, 0.2) is 11.4 Å². The molecule has 2 rings (SSSR count). The summed E-state index contributed by atoms with van der Waals surface area (Å²) in [4.78, 5) is 20.1. The van der Waals surface area contributed by atoms with Crippen LogP contribution in [0.5, 0.6) is 0 Å². The maximum atomic E-state index is 10.6. The van der Waals surface area contributed by atoms with Gasteiger partial charge in [0.25, 0.3) is 0 Å². The van der Waals surface area contributed by atoms with Crippen LogP contribution in [0.2, 0.25) is 0 Å². The number of nitrogens with zero attached hydrogens (tertiary/aromatic N) is 3. The normalized spacial score (nSPS) is 18.2. The number of hydrogen-bond donors (Lipinski definition) is 0. The number of carbonyl (C=O) groups is 1. The molecule has 1 fully saturated rings. The number of rotatable bonds is 4. The number of aldehydes is 1. The summed E-state index contributed by atoms with van der Waals surface area (Å²) in [7, 11) is 4.24. The zero-order valence-corrected chi connectivity index (χ0v) is 11.2. The van der Waals surface area contributed by atoms with Crippen LogP contribution in [0.15, 0.2) is 6.20 Å². The summed E-state index contributed by atoms with van der Waals surface area (Å²) in [6.45, 7) is 3.42.